The number of rotatable bonds is 6. The molecule has 1 heterocycles. The van der Waals surface area contributed by atoms with E-state index < -0.39 is 0 Å². The van der Waals surface area contributed by atoms with Gasteiger partial charge in [0.1, 0.15) is 18.2 Å². The van der Waals surface area contributed by atoms with Crippen LogP contribution < -0.4 is 10.1 Å². The van der Waals surface area contributed by atoms with Gasteiger partial charge >= 0.3 is 0 Å². The molecule has 0 saturated heterocycles. The van der Waals surface area contributed by atoms with Crippen molar-refractivity contribution in [3.8, 4) is 5.75 Å². The lowest BCUT2D eigenvalue weighted by Gasteiger charge is -2.08. The van der Waals surface area contributed by atoms with Crippen LogP contribution in [0.1, 0.15) is 23.2 Å². The van der Waals surface area contributed by atoms with E-state index in [0.717, 1.165) is 22.8 Å². The number of benzene rings is 1. The molecule has 0 aliphatic rings. The van der Waals surface area contributed by atoms with Crippen molar-refractivity contribution < 1.29 is 9.13 Å². The van der Waals surface area contributed by atoms with Crippen LogP contribution in [0.2, 0.25) is 0 Å². The van der Waals surface area contributed by atoms with E-state index in [1.807, 2.05) is 25.3 Å². The molecule has 102 valence electrons. The van der Waals surface area contributed by atoms with Crippen molar-refractivity contribution in [3.05, 3.63) is 45.7 Å². The maximum atomic E-state index is 13.5. The van der Waals surface area contributed by atoms with Gasteiger partial charge in [0, 0.05) is 18.0 Å². The molecule has 1 aromatic carbocycles. The quantitative estimate of drug-likeness (QED) is 0.881. The molecule has 1 N–H and O–H groups in total. The smallest absolute Gasteiger partial charge is 0.131 e. The average Bonchev–Trinajstić information content (AvgIpc) is 2.79. The minimum Gasteiger partial charge on any atom is -0.487 e. The third-order valence-corrected chi connectivity index (χ3v) is 3.39. The molecule has 0 spiro atoms. The second kappa shape index (κ2) is 6.63. The molecular formula is C14H17FN2OS. The monoisotopic (exact) mass is 280 g/mol. The van der Waals surface area contributed by atoms with Gasteiger partial charge in [-0.2, -0.15) is 0 Å². The standard InChI is InChI=1S/C14H17FN2OS/c1-3-16-7-11-4-12(15)6-14(5-11)18-8-13-9-19-10(2)17-13/h4-6,9,16H,3,7-8H2,1-2H3. The number of ether oxygens (including phenoxy) is 1. The Morgan fingerprint density at radius 1 is 1.37 bits per heavy atom. The first-order valence-electron chi connectivity index (χ1n) is 6.21. The highest BCUT2D eigenvalue weighted by molar-refractivity contribution is 7.09. The average molecular weight is 280 g/mol. The van der Waals surface area contributed by atoms with Gasteiger partial charge < -0.3 is 10.1 Å². The molecule has 0 aliphatic carbocycles. The van der Waals surface area contributed by atoms with Crippen molar-refractivity contribution in [1.29, 1.82) is 0 Å². The minimum atomic E-state index is -0.278. The molecule has 0 saturated carbocycles. The molecule has 0 unspecified atom stereocenters. The molecule has 2 aromatic rings. The number of thiazole rings is 1. The number of aryl methyl sites for hydroxylation is 1. The summed E-state index contributed by atoms with van der Waals surface area (Å²) in [7, 11) is 0. The lowest BCUT2D eigenvalue weighted by Crippen LogP contribution is -2.12. The van der Waals surface area contributed by atoms with E-state index in [1.165, 1.54) is 12.1 Å². The zero-order valence-electron chi connectivity index (χ0n) is 11.1. The van der Waals surface area contributed by atoms with E-state index >= 15 is 0 Å². The highest BCUT2D eigenvalue weighted by atomic mass is 32.1. The fourth-order valence-electron chi connectivity index (χ4n) is 1.71. The first-order valence-corrected chi connectivity index (χ1v) is 7.09. The minimum absolute atomic E-state index is 0.278. The molecule has 0 atom stereocenters. The topological polar surface area (TPSA) is 34.1 Å². The van der Waals surface area contributed by atoms with E-state index in [-0.39, 0.29) is 5.82 Å². The van der Waals surface area contributed by atoms with E-state index in [1.54, 1.807) is 11.3 Å². The van der Waals surface area contributed by atoms with Gasteiger partial charge in [0.05, 0.1) is 10.7 Å². The molecule has 0 radical (unpaired) electrons. The first kappa shape index (κ1) is 14.0. The molecule has 1 aromatic heterocycles. The van der Waals surface area contributed by atoms with Gasteiger partial charge in [0.15, 0.2) is 0 Å². The van der Waals surface area contributed by atoms with E-state index in [9.17, 15) is 4.39 Å². The molecule has 0 fully saturated rings. The van der Waals surface area contributed by atoms with Crippen LogP contribution in [0, 0.1) is 12.7 Å². The molecule has 0 bridgehead atoms. The Hall–Kier alpha value is -1.46. The molecule has 3 nitrogen and oxygen atoms in total. The predicted octanol–water partition coefficient (Wildman–Crippen LogP) is 3.28. The Kier molecular flexibility index (Phi) is 4.87. The first-order chi connectivity index (χ1) is 9.17. The summed E-state index contributed by atoms with van der Waals surface area (Å²) in [5, 5.41) is 6.12. The maximum Gasteiger partial charge on any atom is 0.131 e. The van der Waals surface area contributed by atoms with Crippen LogP contribution in [0.5, 0.6) is 5.75 Å². The van der Waals surface area contributed by atoms with Gasteiger partial charge in [-0.3, -0.25) is 0 Å². The highest BCUT2D eigenvalue weighted by Crippen LogP contribution is 2.18. The Morgan fingerprint density at radius 2 is 2.21 bits per heavy atom. The Morgan fingerprint density at radius 3 is 2.89 bits per heavy atom. The van der Waals surface area contributed by atoms with Crippen LogP contribution in [0.25, 0.3) is 0 Å². The summed E-state index contributed by atoms with van der Waals surface area (Å²) in [5.74, 6) is 0.262. The van der Waals surface area contributed by atoms with Crippen LogP contribution in [0.4, 0.5) is 4.39 Å². The lowest BCUT2D eigenvalue weighted by atomic mass is 10.2. The molecule has 2 rings (SSSR count). The summed E-state index contributed by atoms with van der Waals surface area (Å²) in [6, 6.07) is 4.77. The fraction of sp³-hybridized carbons (Fsp3) is 0.357. The number of aromatic nitrogens is 1. The number of hydrogen-bond acceptors (Lipinski definition) is 4. The molecule has 19 heavy (non-hydrogen) atoms. The van der Waals surface area contributed by atoms with Gasteiger partial charge in [0.2, 0.25) is 0 Å². The summed E-state index contributed by atoms with van der Waals surface area (Å²) in [4.78, 5) is 4.31. The number of hydrogen-bond donors (Lipinski definition) is 1. The summed E-state index contributed by atoms with van der Waals surface area (Å²) in [6.45, 7) is 5.83. The Labute approximate surface area is 116 Å². The van der Waals surface area contributed by atoms with Crippen molar-refractivity contribution in [3.63, 3.8) is 0 Å². The Balaban J connectivity index is 2.01. The highest BCUT2D eigenvalue weighted by Gasteiger charge is 2.04. The van der Waals surface area contributed by atoms with Crippen molar-refractivity contribution in [2.75, 3.05) is 6.54 Å². The van der Waals surface area contributed by atoms with Crippen LogP contribution >= 0.6 is 11.3 Å². The summed E-state index contributed by atoms with van der Waals surface area (Å²) < 4.78 is 19.0. The van der Waals surface area contributed by atoms with E-state index in [4.69, 9.17) is 4.74 Å². The Bertz CT molecular complexity index is 542. The van der Waals surface area contributed by atoms with Gasteiger partial charge in [-0.15, -0.1) is 11.3 Å². The van der Waals surface area contributed by atoms with Crippen LogP contribution in [-0.4, -0.2) is 11.5 Å². The fourth-order valence-corrected chi connectivity index (χ4v) is 2.30. The number of nitrogens with one attached hydrogen (secondary N) is 1. The van der Waals surface area contributed by atoms with Crippen LogP contribution in [0.3, 0.4) is 0 Å². The van der Waals surface area contributed by atoms with Crippen LogP contribution in [-0.2, 0) is 13.2 Å². The third kappa shape index (κ3) is 4.29. The molecular weight excluding hydrogens is 263 g/mol. The van der Waals surface area contributed by atoms with Crippen molar-refractivity contribution in [2.45, 2.75) is 27.0 Å². The SMILES string of the molecule is CCNCc1cc(F)cc(OCc2csc(C)n2)c1. The largest absolute Gasteiger partial charge is 0.487 e. The number of nitrogens with zero attached hydrogens (tertiary/aromatic N) is 1. The zero-order valence-corrected chi connectivity index (χ0v) is 11.9. The van der Waals surface area contributed by atoms with Crippen molar-refractivity contribution in [2.24, 2.45) is 0 Å². The van der Waals surface area contributed by atoms with Gasteiger partial charge in [-0.25, -0.2) is 9.37 Å². The second-order valence-corrected chi connectivity index (χ2v) is 5.28. The molecule has 0 aliphatic heterocycles. The van der Waals surface area contributed by atoms with Gasteiger partial charge in [-0.05, 0) is 31.2 Å². The van der Waals surface area contributed by atoms with Gasteiger partial charge in [0.25, 0.3) is 0 Å². The maximum absolute atomic E-state index is 13.5. The number of halogens is 1. The zero-order chi connectivity index (χ0) is 13.7. The van der Waals surface area contributed by atoms with E-state index in [2.05, 4.69) is 10.3 Å². The second-order valence-electron chi connectivity index (χ2n) is 4.22. The summed E-state index contributed by atoms with van der Waals surface area (Å²) >= 11 is 1.58. The summed E-state index contributed by atoms with van der Waals surface area (Å²) in [6.07, 6.45) is 0. The normalized spacial score (nSPS) is 10.7. The molecule has 5 heteroatoms. The third-order valence-electron chi connectivity index (χ3n) is 2.56. The molecule has 0 amide bonds. The predicted molar refractivity (Wildman–Crippen MR) is 75.0 cm³/mol. The summed E-state index contributed by atoms with van der Waals surface area (Å²) in [5.41, 5.74) is 1.76. The van der Waals surface area contributed by atoms with Crippen molar-refractivity contribution >= 4 is 11.3 Å². The van der Waals surface area contributed by atoms with Gasteiger partial charge in [-0.1, -0.05) is 6.92 Å². The van der Waals surface area contributed by atoms with Crippen LogP contribution in [0.15, 0.2) is 23.6 Å². The lowest BCUT2D eigenvalue weighted by molar-refractivity contribution is 0.300. The van der Waals surface area contributed by atoms with Crippen molar-refractivity contribution in [1.82, 2.24) is 10.3 Å². The van der Waals surface area contributed by atoms with E-state index in [0.29, 0.717) is 18.9 Å².